The van der Waals surface area contributed by atoms with Gasteiger partial charge in [0.2, 0.25) is 5.89 Å². The minimum Gasteiger partial charge on any atom is -0.406 e. The summed E-state index contributed by atoms with van der Waals surface area (Å²) in [4.78, 5) is 0. The summed E-state index contributed by atoms with van der Waals surface area (Å²) in [6.45, 7) is 3.35. The van der Waals surface area contributed by atoms with E-state index in [1.807, 2.05) is 0 Å². The quantitative estimate of drug-likeness (QED) is 0.860. The molecule has 0 spiro atoms. The number of alkyl halides is 1. The fourth-order valence-corrected chi connectivity index (χ4v) is 1.60. The van der Waals surface area contributed by atoms with Crippen LogP contribution in [0.2, 0.25) is 5.02 Å². The Labute approximate surface area is 113 Å². The summed E-state index contributed by atoms with van der Waals surface area (Å²) in [5.74, 6) is -0.0692. The van der Waals surface area contributed by atoms with Gasteiger partial charge < -0.3 is 9.73 Å². The largest absolute Gasteiger partial charge is 0.406 e. The lowest BCUT2D eigenvalue weighted by molar-refractivity contribution is 0.510. The summed E-state index contributed by atoms with van der Waals surface area (Å²) in [6.07, 6.45) is 0. The van der Waals surface area contributed by atoms with Crippen LogP contribution in [-0.4, -0.2) is 10.2 Å². The van der Waals surface area contributed by atoms with Crippen molar-refractivity contribution in [1.82, 2.24) is 10.2 Å². The monoisotopic (exact) mass is 289 g/mol. The van der Waals surface area contributed by atoms with Gasteiger partial charge in [-0.2, -0.15) is 0 Å². The molecule has 0 aliphatic carbocycles. The third kappa shape index (κ3) is 2.73. The van der Waals surface area contributed by atoms with Gasteiger partial charge in [0.15, 0.2) is 0 Å². The zero-order valence-corrected chi connectivity index (χ0v) is 11.2. The molecule has 1 aromatic heterocycles. The Morgan fingerprint density at radius 2 is 2.11 bits per heavy atom. The summed E-state index contributed by atoms with van der Waals surface area (Å²) in [5, 5.41) is 10.2. The Kier molecular flexibility index (Phi) is 3.73. The first kappa shape index (κ1) is 13.1. The Morgan fingerprint density at radius 3 is 2.72 bits per heavy atom. The first-order valence-corrected chi connectivity index (χ1v) is 5.99. The summed E-state index contributed by atoms with van der Waals surface area (Å²) in [5.41, 5.74) is 0.959. The number of anilines is 2. The molecule has 1 unspecified atom stereocenters. The van der Waals surface area contributed by atoms with Crippen LogP contribution in [0.25, 0.3) is 0 Å². The fourth-order valence-electron chi connectivity index (χ4n) is 1.31. The van der Waals surface area contributed by atoms with Crippen molar-refractivity contribution >= 4 is 34.9 Å². The third-order valence-electron chi connectivity index (χ3n) is 2.27. The predicted molar refractivity (Wildman–Crippen MR) is 68.0 cm³/mol. The van der Waals surface area contributed by atoms with Crippen LogP contribution < -0.4 is 5.32 Å². The number of benzene rings is 1. The van der Waals surface area contributed by atoms with Crippen molar-refractivity contribution in [1.29, 1.82) is 0 Å². The molecule has 1 atom stereocenters. The molecular formula is C11H10Cl2FN3O. The Bertz CT molecular complexity index is 571. The molecule has 18 heavy (non-hydrogen) atoms. The lowest BCUT2D eigenvalue weighted by Gasteiger charge is -2.06. The summed E-state index contributed by atoms with van der Waals surface area (Å²) in [7, 11) is 0. The standard InChI is InChI=1S/C11H10Cl2FN3O/c1-5-3-9(7(13)4-8(5)14)15-11-17-16-10(18-11)6(2)12/h3-4,6H,1-2H3,(H,15,17). The molecule has 0 bridgehead atoms. The van der Waals surface area contributed by atoms with Crippen LogP contribution >= 0.6 is 23.2 Å². The number of aryl methyl sites for hydroxylation is 1. The zero-order valence-electron chi connectivity index (χ0n) is 9.67. The van der Waals surface area contributed by atoms with E-state index in [0.29, 0.717) is 17.1 Å². The SMILES string of the molecule is Cc1cc(Nc2nnc(C(C)Cl)o2)c(Cl)cc1F. The number of rotatable bonds is 3. The van der Waals surface area contributed by atoms with E-state index < -0.39 is 0 Å². The molecule has 1 N–H and O–H groups in total. The highest BCUT2D eigenvalue weighted by Gasteiger charge is 2.13. The molecule has 0 aliphatic rings. The molecule has 0 radical (unpaired) electrons. The van der Waals surface area contributed by atoms with Gasteiger partial charge in [0, 0.05) is 0 Å². The maximum Gasteiger partial charge on any atom is 0.320 e. The molecule has 0 saturated heterocycles. The van der Waals surface area contributed by atoms with Crippen molar-refractivity contribution in [2.45, 2.75) is 19.2 Å². The third-order valence-corrected chi connectivity index (χ3v) is 2.77. The fraction of sp³-hybridized carbons (Fsp3) is 0.273. The maximum atomic E-state index is 13.2. The zero-order chi connectivity index (χ0) is 13.3. The minimum absolute atomic E-state index is 0.158. The van der Waals surface area contributed by atoms with Crippen LogP contribution in [0.3, 0.4) is 0 Å². The predicted octanol–water partition coefficient (Wildman–Crippen LogP) is 4.21. The molecule has 4 nitrogen and oxygen atoms in total. The second kappa shape index (κ2) is 5.12. The van der Waals surface area contributed by atoms with E-state index in [9.17, 15) is 4.39 Å². The van der Waals surface area contributed by atoms with Crippen LogP contribution in [0.1, 0.15) is 23.8 Å². The van der Waals surface area contributed by atoms with E-state index in [4.69, 9.17) is 27.6 Å². The van der Waals surface area contributed by atoms with Crippen LogP contribution in [0.15, 0.2) is 16.5 Å². The van der Waals surface area contributed by atoms with E-state index in [-0.39, 0.29) is 22.2 Å². The summed E-state index contributed by atoms with van der Waals surface area (Å²) < 4.78 is 18.5. The average Bonchev–Trinajstić information content (AvgIpc) is 2.74. The van der Waals surface area contributed by atoms with Crippen LogP contribution in [0, 0.1) is 12.7 Å². The van der Waals surface area contributed by atoms with Gasteiger partial charge in [0.05, 0.1) is 10.7 Å². The van der Waals surface area contributed by atoms with E-state index in [1.54, 1.807) is 19.9 Å². The Morgan fingerprint density at radius 1 is 1.39 bits per heavy atom. The van der Waals surface area contributed by atoms with Crippen LogP contribution in [0.4, 0.5) is 16.1 Å². The molecule has 2 aromatic rings. The lowest BCUT2D eigenvalue weighted by Crippen LogP contribution is -1.94. The van der Waals surface area contributed by atoms with E-state index >= 15 is 0 Å². The van der Waals surface area contributed by atoms with Gasteiger partial charge in [-0.3, -0.25) is 0 Å². The molecule has 96 valence electrons. The molecule has 1 aromatic carbocycles. The van der Waals surface area contributed by atoms with Gasteiger partial charge in [0.25, 0.3) is 0 Å². The van der Waals surface area contributed by atoms with E-state index in [2.05, 4.69) is 15.5 Å². The molecule has 2 rings (SSSR count). The number of aromatic nitrogens is 2. The van der Waals surface area contributed by atoms with Crippen molar-refractivity contribution in [3.8, 4) is 0 Å². The van der Waals surface area contributed by atoms with E-state index in [1.165, 1.54) is 6.07 Å². The summed E-state index contributed by atoms with van der Waals surface area (Å²) >= 11 is 11.7. The average molecular weight is 290 g/mol. The molecule has 7 heteroatoms. The highest BCUT2D eigenvalue weighted by molar-refractivity contribution is 6.33. The number of nitrogens with zero attached hydrogens (tertiary/aromatic N) is 2. The lowest BCUT2D eigenvalue weighted by atomic mass is 10.2. The van der Waals surface area contributed by atoms with Gasteiger partial charge in [0.1, 0.15) is 11.2 Å². The first-order chi connectivity index (χ1) is 8.47. The second-order valence-electron chi connectivity index (χ2n) is 3.77. The number of nitrogens with one attached hydrogen (secondary N) is 1. The van der Waals surface area contributed by atoms with Gasteiger partial charge in [-0.05, 0) is 31.5 Å². The van der Waals surface area contributed by atoms with Gasteiger partial charge in [-0.25, -0.2) is 4.39 Å². The van der Waals surface area contributed by atoms with Crippen LogP contribution in [0.5, 0.6) is 0 Å². The molecule has 0 aliphatic heterocycles. The highest BCUT2D eigenvalue weighted by Crippen LogP contribution is 2.28. The topological polar surface area (TPSA) is 51.0 Å². The number of hydrogen-bond acceptors (Lipinski definition) is 4. The first-order valence-electron chi connectivity index (χ1n) is 5.17. The normalized spacial score (nSPS) is 12.5. The number of halogens is 3. The van der Waals surface area contributed by atoms with Crippen molar-refractivity contribution < 1.29 is 8.81 Å². The van der Waals surface area contributed by atoms with E-state index in [0.717, 1.165) is 0 Å². The van der Waals surface area contributed by atoms with Crippen molar-refractivity contribution in [2.24, 2.45) is 0 Å². The van der Waals surface area contributed by atoms with Crippen molar-refractivity contribution in [2.75, 3.05) is 5.32 Å². The second-order valence-corrected chi connectivity index (χ2v) is 4.83. The maximum absolute atomic E-state index is 13.2. The van der Waals surface area contributed by atoms with Crippen LogP contribution in [-0.2, 0) is 0 Å². The molecular weight excluding hydrogens is 280 g/mol. The van der Waals surface area contributed by atoms with Gasteiger partial charge >= 0.3 is 6.01 Å². The highest BCUT2D eigenvalue weighted by atomic mass is 35.5. The molecule has 0 fully saturated rings. The smallest absolute Gasteiger partial charge is 0.320 e. The minimum atomic E-state index is -0.376. The Balaban J connectivity index is 2.25. The Hall–Kier alpha value is -1.33. The molecule has 1 heterocycles. The van der Waals surface area contributed by atoms with Crippen molar-refractivity contribution in [3.63, 3.8) is 0 Å². The summed E-state index contributed by atoms with van der Waals surface area (Å²) in [6, 6.07) is 2.94. The van der Waals surface area contributed by atoms with Gasteiger partial charge in [-0.15, -0.1) is 16.7 Å². The molecule has 0 amide bonds. The van der Waals surface area contributed by atoms with Gasteiger partial charge in [-0.1, -0.05) is 16.7 Å². The van der Waals surface area contributed by atoms with Crippen molar-refractivity contribution in [3.05, 3.63) is 34.4 Å². The molecule has 0 saturated carbocycles. The number of hydrogen-bond donors (Lipinski definition) is 1.